The number of unbranched alkanes of at least 4 members (excludes halogenated alkanes) is 40. The first kappa shape index (κ1) is 76.9. The number of benzene rings is 1. The second-order valence-electron chi connectivity index (χ2n) is 26.6. The van der Waals surface area contributed by atoms with Gasteiger partial charge >= 0.3 is 11.9 Å². The SMILES string of the molecule is CCCCCCCCCCCCCCc1c(-c2nc3sc(-c4sc(-c5cc6c(C(=O)OCCCCCCCCCCCC)c7sc(C)cc7c(C(=O)OCCCCCCCCCCCC)c6s5)c(Cl)c4CCCCCCCCCCCCCC)nc3s2)sc(C)c1Cl. The zero-order valence-electron chi connectivity index (χ0n) is 57.8. The topological polar surface area (TPSA) is 78.4 Å². The minimum Gasteiger partial charge on any atom is -0.462 e. The Kier molecular flexibility index (Phi) is 37.2. The summed E-state index contributed by atoms with van der Waals surface area (Å²) in [6, 6.07) is 4.19. The third kappa shape index (κ3) is 24.5. The Morgan fingerprint density at radius 1 is 0.370 bits per heavy atom. The number of carbonyl (C=O) groups excluding carboxylic acids is 2. The summed E-state index contributed by atoms with van der Waals surface area (Å²) in [6.45, 7) is 14.1. The van der Waals surface area contributed by atoms with Gasteiger partial charge in [0.15, 0.2) is 9.66 Å². The second-order valence-corrected chi connectivity index (χ2v) is 33.9. The third-order valence-electron chi connectivity index (χ3n) is 18.6. The highest BCUT2D eigenvalue weighted by atomic mass is 35.5. The van der Waals surface area contributed by atoms with Gasteiger partial charge in [0.1, 0.15) is 10.0 Å². The molecule has 0 saturated heterocycles. The van der Waals surface area contributed by atoms with Gasteiger partial charge in [-0.05, 0) is 75.6 Å². The molecule has 0 fully saturated rings. The number of aryl methyl sites for hydroxylation is 2. The summed E-state index contributed by atoms with van der Waals surface area (Å²) in [5, 5.41) is 5.10. The average molecular weight is 1410 g/mol. The molecule has 0 spiro atoms. The minimum atomic E-state index is -0.329. The Morgan fingerprint density at radius 3 is 1.09 bits per heavy atom. The van der Waals surface area contributed by atoms with Gasteiger partial charge in [-0.25, -0.2) is 19.6 Å². The molecule has 0 aliphatic carbocycles. The molecule has 0 aliphatic rings. The zero-order chi connectivity index (χ0) is 65.1. The molecule has 6 heterocycles. The molecule has 7 aromatic rings. The smallest absolute Gasteiger partial charge is 0.340 e. The van der Waals surface area contributed by atoms with Crippen LogP contribution in [0.5, 0.6) is 0 Å². The molecule has 0 atom stereocenters. The summed E-state index contributed by atoms with van der Waals surface area (Å²) in [5.41, 5.74) is 3.46. The molecule has 512 valence electrons. The van der Waals surface area contributed by atoms with Crippen molar-refractivity contribution >= 4 is 133 Å². The highest BCUT2D eigenvalue weighted by Crippen LogP contribution is 2.53. The van der Waals surface area contributed by atoms with Gasteiger partial charge in [-0.2, -0.15) is 0 Å². The molecule has 0 radical (unpaired) electrons. The standard InChI is InChI=1S/C78H116Cl2N2O4S6/c1-7-11-15-19-23-27-31-33-35-39-43-47-51-59-66(79)58(6)88-70(59)73-81-75-76(91-73)82-74(92-75)71-60(52-48-44-40-36-34-32-28-24-20-16-12-8-2)67(80)72(90-71)63-56-62-65(78(84)86-54-50-46-42-38-30-26-22-18-14-10-4)68-61(55-57(5)87-68)64(69(62)89-63)77(83)85-53-49-45-41-37-29-25-21-17-13-9-3/h55-56H,7-54H2,1-6H3. The van der Waals surface area contributed by atoms with Crippen LogP contribution < -0.4 is 0 Å². The number of fused-ring (bicyclic) bond motifs is 3. The van der Waals surface area contributed by atoms with Crippen molar-refractivity contribution in [2.45, 2.75) is 337 Å². The van der Waals surface area contributed by atoms with E-state index in [9.17, 15) is 9.59 Å². The fraction of sp³-hybridized carbons (Fsp3) is 0.692. The zero-order valence-corrected chi connectivity index (χ0v) is 64.2. The molecule has 0 N–H and O–H groups in total. The van der Waals surface area contributed by atoms with Crippen molar-refractivity contribution in [2.75, 3.05) is 13.2 Å². The van der Waals surface area contributed by atoms with Crippen LogP contribution in [0.1, 0.15) is 352 Å². The van der Waals surface area contributed by atoms with E-state index in [1.807, 2.05) is 0 Å². The number of hydrogen-bond acceptors (Lipinski definition) is 12. The summed E-state index contributed by atoms with van der Waals surface area (Å²) in [6.07, 6.45) is 57.4. The van der Waals surface area contributed by atoms with Gasteiger partial charge in [-0.3, -0.25) is 0 Å². The molecule has 0 unspecified atom stereocenters. The number of carbonyl (C=O) groups is 2. The van der Waals surface area contributed by atoms with Crippen molar-refractivity contribution in [1.29, 1.82) is 0 Å². The molecule has 6 nitrogen and oxygen atoms in total. The maximum atomic E-state index is 14.7. The monoisotopic (exact) mass is 1410 g/mol. The van der Waals surface area contributed by atoms with E-state index in [2.05, 4.69) is 53.7 Å². The van der Waals surface area contributed by atoms with Crippen molar-refractivity contribution in [1.82, 2.24) is 9.97 Å². The number of thiazole rings is 2. The van der Waals surface area contributed by atoms with Crippen LogP contribution in [0.2, 0.25) is 10.0 Å². The van der Waals surface area contributed by atoms with Gasteiger partial charge in [0.25, 0.3) is 0 Å². The molecule has 0 bridgehead atoms. The maximum absolute atomic E-state index is 14.7. The molecule has 7 rings (SSSR count). The van der Waals surface area contributed by atoms with Crippen molar-refractivity contribution in [3.05, 3.63) is 54.2 Å². The number of halogens is 2. The van der Waals surface area contributed by atoms with E-state index in [1.54, 1.807) is 68.0 Å². The van der Waals surface area contributed by atoms with E-state index >= 15 is 0 Å². The van der Waals surface area contributed by atoms with Gasteiger partial charge < -0.3 is 9.47 Å². The van der Waals surface area contributed by atoms with E-state index in [-0.39, 0.29) is 11.9 Å². The van der Waals surface area contributed by atoms with Crippen LogP contribution in [-0.4, -0.2) is 35.1 Å². The first-order chi connectivity index (χ1) is 45.1. The number of nitrogens with zero attached hydrogens (tertiary/aromatic N) is 2. The maximum Gasteiger partial charge on any atom is 0.340 e. The van der Waals surface area contributed by atoms with Gasteiger partial charge in [-0.1, -0.05) is 330 Å². The minimum absolute atomic E-state index is 0.329. The molecule has 92 heavy (non-hydrogen) atoms. The predicted molar refractivity (Wildman–Crippen MR) is 411 cm³/mol. The third-order valence-corrected chi connectivity index (χ3v) is 26.9. The molecule has 1 aromatic carbocycles. The van der Waals surface area contributed by atoms with Gasteiger partial charge in [0, 0.05) is 25.4 Å². The normalized spacial score (nSPS) is 11.9. The number of thiophene rings is 4. The summed E-state index contributed by atoms with van der Waals surface area (Å²) >= 11 is 24.9. The van der Waals surface area contributed by atoms with Crippen LogP contribution in [0.3, 0.4) is 0 Å². The lowest BCUT2D eigenvalue weighted by atomic mass is 10.0. The number of rotatable bonds is 53. The average Bonchev–Trinajstić information content (AvgIpc) is 1.55. The lowest BCUT2D eigenvalue weighted by Crippen LogP contribution is -2.11. The Morgan fingerprint density at radius 2 is 0.696 bits per heavy atom. The summed E-state index contributed by atoms with van der Waals surface area (Å²) < 4.78 is 14.0. The van der Waals surface area contributed by atoms with Crippen molar-refractivity contribution < 1.29 is 19.1 Å². The van der Waals surface area contributed by atoms with E-state index in [1.165, 1.54) is 235 Å². The van der Waals surface area contributed by atoms with Gasteiger partial charge in [-0.15, -0.1) is 45.3 Å². The largest absolute Gasteiger partial charge is 0.462 e. The molecular weight excluding hydrogens is 1290 g/mol. The summed E-state index contributed by atoms with van der Waals surface area (Å²) in [7, 11) is 0. The van der Waals surface area contributed by atoms with Crippen LogP contribution in [0.4, 0.5) is 0 Å². The van der Waals surface area contributed by atoms with E-state index in [4.69, 9.17) is 42.6 Å². The van der Waals surface area contributed by atoms with E-state index in [0.29, 0.717) is 24.3 Å². The van der Waals surface area contributed by atoms with Crippen LogP contribution >= 0.6 is 91.2 Å². The van der Waals surface area contributed by atoms with E-state index in [0.717, 1.165) is 150 Å². The summed E-state index contributed by atoms with van der Waals surface area (Å²) in [5.74, 6) is -0.659. The Labute approximate surface area is 591 Å². The van der Waals surface area contributed by atoms with Crippen LogP contribution in [0, 0.1) is 13.8 Å². The first-order valence-electron chi connectivity index (χ1n) is 37.3. The number of esters is 2. The quantitative estimate of drug-likeness (QED) is 0.0279. The van der Waals surface area contributed by atoms with Gasteiger partial charge in [0.05, 0.1) is 58.4 Å². The second kappa shape index (κ2) is 44.5. The number of aromatic nitrogens is 2. The Bertz CT molecular complexity index is 3090. The lowest BCUT2D eigenvalue weighted by Gasteiger charge is -2.11. The fourth-order valence-electron chi connectivity index (χ4n) is 13.2. The molecule has 6 aromatic heterocycles. The van der Waals surface area contributed by atoms with Crippen LogP contribution in [0.15, 0.2) is 12.1 Å². The molecule has 0 aliphatic heterocycles. The molecule has 0 amide bonds. The fourth-order valence-corrected chi connectivity index (χ4v) is 21.0. The summed E-state index contributed by atoms with van der Waals surface area (Å²) in [4.78, 5) is 48.5. The number of ether oxygens (including phenoxy) is 2. The van der Waals surface area contributed by atoms with Crippen LogP contribution in [-0.2, 0) is 22.3 Å². The Balaban J connectivity index is 1.14. The molecule has 0 saturated carbocycles. The molecular formula is C78H116Cl2N2O4S6. The van der Waals surface area contributed by atoms with Gasteiger partial charge in [0.2, 0.25) is 0 Å². The molecule has 14 heteroatoms. The number of hydrogen-bond donors (Lipinski definition) is 0. The van der Waals surface area contributed by atoms with Crippen molar-refractivity contribution in [3.8, 4) is 29.5 Å². The van der Waals surface area contributed by atoms with Crippen molar-refractivity contribution in [3.63, 3.8) is 0 Å². The Hall–Kier alpha value is -2.42. The lowest BCUT2D eigenvalue weighted by molar-refractivity contribution is 0.0490. The first-order valence-corrected chi connectivity index (χ1v) is 43.0. The van der Waals surface area contributed by atoms with E-state index < -0.39 is 0 Å². The highest BCUT2D eigenvalue weighted by Gasteiger charge is 2.31. The predicted octanol–water partition coefficient (Wildman–Crippen LogP) is 29.9. The van der Waals surface area contributed by atoms with Crippen LogP contribution in [0.25, 0.3) is 59.4 Å². The van der Waals surface area contributed by atoms with Crippen molar-refractivity contribution in [2.24, 2.45) is 0 Å². The highest BCUT2D eigenvalue weighted by molar-refractivity contribution is 7.33.